The normalized spacial score (nSPS) is 23.6. The summed E-state index contributed by atoms with van der Waals surface area (Å²) in [6.45, 7) is 2.13. The van der Waals surface area contributed by atoms with Crippen molar-refractivity contribution in [3.8, 4) is 0 Å². The highest BCUT2D eigenvalue weighted by Gasteiger charge is 2.46. The van der Waals surface area contributed by atoms with E-state index in [-0.39, 0.29) is 5.91 Å². The minimum Gasteiger partial charge on any atom is -0.480 e. The van der Waals surface area contributed by atoms with E-state index in [0.29, 0.717) is 30.9 Å². The van der Waals surface area contributed by atoms with Crippen LogP contribution >= 0.6 is 0 Å². The number of hydrogen-bond donors (Lipinski definition) is 1. The number of fused-ring (bicyclic) bond motifs is 1. The van der Waals surface area contributed by atoms with Crippen LogP contribution in [-0.2, 0) is 4.79 Å². The summed E-state index contributed by atoms with van der Waals surface area (Å²) in [7, 11) is 0. The van der Waals surface area contributed by atoms with Crippen molar-refractivity contribution < 1.29 is 14.7 Å². The number of carbonyl (C=O) groups excluding carboxylic acids is 1. The number of hydrogen-bond acceptors (Lipinski definition) is 3. The van der Waals surface area contributed by atoms with Gasteiger partial charge in [-0.05, 0) is 44.7 Å². The number of carbonyl (C=O) groups is 2. The lowest BCUT2D eigenvalue weighted by Gasteiger charge is -2.31. The molecule has 24 heavy (non-hydrogen) atoms. The number of amides is 1. The molecule has 1 aromatic heterocycles. The van der Waals surface area contributed by atoms with Crippen molar-refractivity contribution in [1.82, 2.24) is 9.88 Å². The van der Waals surface area contributed by atoms with Crippen LogP contribution in [0.2, 0.25) is 0 Å². The van der Waals surface area contributed by atoms with Crippen molar-refractivity contribution >= 4 is 22.8 Å². The summed E-state index contributed by atoms with van der Waals surface area (Å²) >= 11 is 0. The zero-order valence-corrected chi connectivity index (χ0v) is 13.7. The fourth-order valence-electron chi connectivity index (χ4n) is 3.62. The molecule has 1 saturated heterocycles. The van der Waals surface area contributed by atoms with E-state index >= 15 is 0 Å². The number of aliphatic carboxylic acids is 1. The third-order valence-electron chi connectivity index (χ3n) is 5.31. The van der Waals surface area contributed by atoms with Crippen molar-refractivity contribution in [2.24, 2.45) is 0 Å². The number of benzene rings is 1. The Bertz CT molecular complexity index is 844. The number of rotatable bonds is 3. The summed E-state index contributed by atoms with van der Waals surface area (Å²) in [5.41, 5.74) is 1.22. The van der Waals surface area contributed by atoms with Gasteiger partial charge in [-0.3, -0.25) is 9.78 Å². The van der Waals surface area contributed by atoms with E-state index in [0.717, 1.165) is 29.4 Å². The average Bonchev–Trinajstić information content (AvgIpc) is 3.35. The van der Waals surface area contributed by atoms with Crippen molar-refractivity contribution in [3.63, 3.8) is 0 Å². The summed E-state index contributed by atoms with van der Waals surface area (Å²) in [6.07, 6.45) is 3.42. The highest BCUT2D eigenvalue weighted by molar-refractivity contribution is 6.07. The van der Waals surface area contributed by atoms with Gasteiger partial charge in [0.1, 0.15) is 5.54 Å². The lowest BCUT2D eigenvalue weighted by Crippen LogP contribution is -2.50. The van der Waals surface area contributed by atoms with Gasteiger partial charge in [0.15, 0.2) is 0 Å². The summed E-state index contributed by atoms with van der Waals surface area (Å²) in [5.74, 6) is -0.697. The Balaban J connectivity index is 1.83. The number of para-hydroxylation sites is 1. The van der Waals surface area contributed by atoms with E-state index in [9.17, 15) is 14.7 Å². The van der Waals surface area contributed by atoms with Gasteiger partial charge in [-0.15, -0.1) is 0 Å². The van der Waals surface area contributed by atoms with Crippen molar-refractivity contribution in [2.45, 2.75) is 44.1 Å². The van der Waals surface area contributed by atoms with Gasteiger partial charge < -0.3 is 10.0 Å². The largest absolute Gasteiger partial charge is 0.480 e. The molecule has 5 heteroatoms. The quantitative estimate of drug-likeness (QED) is 0.941. The molecule has 2 aliphatic rings. The average molecular weight is 324 g/mol. The molecular weight excluding hydrogens is 304 g/mol. The predicted octanol–water partition coefficient (Wildman–Crippen LogP) is 3.19. The Labute approximate surface area is 140 Å². The number of likely N-dealkylation sites (tertiary alicyclic amines) is 1. The highest BCUT2D eigenvalue weighted by atomic mass is 16.4. The van der Waals surface area contributed by atoms with E-state index in [1.165, 1.54) is 4.90 Å². The predicted molar refractivity (Wildman–Crippen MR) is 90.0 cm³/mol. The van der Waals surface area contributed by atoms with E-state index in [4.69, 9.17) is 4.98 Å². The summed E-state index contributed by atoms with van der Waals surface area (Å²) in [5, 5.41) is 10.4. The smallest absolute Gasteiger partial charge is 0.329 e. The molecule has 1 aliphatic heterocycles. The maximum absolute atomic E-state index is 13.2. The monoisotopic (exact) mass is 324 g/mol. The van der Waals surface area contributed by atoms with Crippen LogP contribution in [0.15, 0.2) is 30.3 Å². The highest BCUT2D eigenvalue weighted by Crippen LogP contribution is 2.41. The molecule has 1 saturated carbocycles. The first-order chi connectivity index (χ1) is 11.5. The molecular formula is C19H20N2O3. The Hall–Kier alpha value is -2.43. The molecule has 1 atom stereocenters. The van der Waals surface area contributed by atoms with Gasteiger partial charge >= 0.3 is 5.97 Å². The van der Waals surface area contributed by atoms with Gasteiger partial charge in [0.25, 0.3) is 5.91 Å². The number of carboxylic acids is 1. The van der Waals surface area contributed by atoms with E-state index in [2.05, 4.69) is 0 Å². The van der Waals surface area contributed by atoms with Gasteiger partial charge in [0.05, 0.1) is 11.1 Å². The van der Waals surface area contributed by atoms with Gasteiger partial charge in [-0.2, -0.15) is 0 Å². The van der Waals surface area contributed by atoms with Crippen molar-refractivity contribution in [2.75, 3.05) is 6.54 Å². The molecule has 2 aromatic rings. The van der Waals surface area contributed by atoms with Gasteiger partial charge in [0.2, 0.25) is 0 Å². The molecule has 0 spiro atoms. The van der Waals surface area contributed by atoms with Crippen LogP contribution in [-0.4, -0.2) is 39.0 Å². The number of pyridine rings is 1. The van der Waals surface area contributed by atoms with Gasteiger partial charge in [0, 0.05) is 23.5 Å². The Morgan fingerprint density at radius 2 is 2.04 bits per heavy atom. The zero-order chi connectivity index (χ0) is 16.9. The molecule has 1 aliphatic carbocycles. The third kappa shape index (κ3) is 2.27. The lowest BCUT2D eigenvalue weighted by molar-refractivity contribution is -0.147. The summed E-state index contributed by atoms with van der Waals surface area (Å²) in [6, 6.07) is 9.48. The minimum atomic E-state index is -1.12. The molecule has 0 unspecified atom stereocenters. The van der Waals surface area contributed by atoms with E-state index in [1.54, 1.807) is 6.92 Å². The lowest BCUT2D eigenvalue weighted by atomic mass is 9.97. The van der Waals surface area contributed by atoms with Crippen LogP contribution in [0.25, 0.3) is 10.9 Å². The molecule has 2 fully saturated rings. The molecule has 124 valence electrons. The van der Waals surface area contributed by atoms with Crippen molar-refractivity contribution in [1.29, 1.82) is 0 Å². The molecule has 0 radical (unpaired) electrons. The third-order valence-corrected chi connectivity index (χ3v) is 5.31. The van der Waals surface area contributed by atoms with Crippen molar-refractivity contribution in [3.05, 3.63) is 41.6 Å². The first-order valence-corrected chi connectivity index (χ1v) is 8.46. The fraction of sp³-hybridized carbons (Fsp3) is 0.421. The maximum Gasteiger partial charge on any atom is 0.329 e. The molecule has 5 nitrogen and oxygen atoms in total. The van der Waals surface area contributed by atoms with Gasteiger partial charge in [-0.25, -0.2) is 4.79 Å². The summed E-state index contributed by atoms with van der Waals surface area (Å²) in [4.78, 5) is 31.1. The first-order valence-electron chi connectivity index (χ1n) is 8.46. The minimum absolute atomic E-state index is 0.196. The second-order valence-corrected chi connectivity index (χ2v) is 7.03. The Morgan fingerprint density at radius 3 is 2.75 bits per heavy atom. The SMILES string of the molecule is C[C@@]1(C(=O)O)CCCN1C(=O)c1cc(C2CC2)nc2ccccc12. The zero-order valence-electron chi connectivity index (χ0n) is 13.7. The summed E-state index contributed by atoms with van der Waals surface area (Å²) < 4.78 is 0. The second-order valence-electron chi connectivity index (χ2n) is 7.03. The molecule has 1 amide bonds. The molecule has 4 rings (SSSR count). The molecule has 2 heterocycles. The van der Waals surface area contributed by atoms with Crippen LogP contribution in [0.4, 0.5) is 0 Å². The van der Waals surface area contributed by atoms with E-state index < -0.39 is 11.5 Å². The van der Waals surface area contributed by atoms with Crippen LogP contribution in [0, 0.1) is 0 Å². The topological polar surface area (TPSA) is 70.5 Å². The standard InChI is InChI=1S/C19H20N2O3/c1-19(18(23)24)9-4-10-21(19)17(22)14-11-16(12-7-8-12)20-15-6-3-2-5-13(14)15/h2-3,5-6,11-12H,4,7-10H2,1H3,(H,23,24)/t19-/m0/s1. The fourth-order valence-corrected chi connectivity index (χ4v) is 3.62. The molecule has 1 aromatic carbocycles. The van der Waals surface area contributed by atoms with Gasteiger partial charge in [-0.1, -0.05) is 18.2 Å². The maximum atomic E-state index is 13.2. The number of carboxylic acid groups (broad SMARTS) is 1. The van der Waals surface area contributed by atoms with Crippen LogP contribution in [0.3, 0.4) is 0 Å². The van der Waals surface area contributed by atoms with Crippen LogP contribution in [0.1, 0.15) is 54.6 Å². The Morgan fingerprint density at radius 1 is 1.29 bits per heavy atom. The Kier molecular flexibility index (Phi) is 3.34. The number of nitrogens with zero attached hydrogens (tertiary/aromatic N) is 2. The van der Waals surface area contributed by atoms with E-state index in [1.807, 2.05) is 30.3 Å². The van der Waals surface area contributed by atoms with Crippen LogP contribution < -0.4 is 0 Å². The number of aromatic nitrogens is 1. The second kappa shape index (κ2) is 5.30. The molecule has 1 N–H and O–H groups in total. The first kappa shape index (κ1) is 15.1. The van der Waals surface area contributed by atoms with Crippen LogP contribution in [0.5, 0.6) is 0 Å². The molecule has 0 bridgehead atoms.